The van der Waals surface area contributed by atoms with Gasteiger partial charge in [0.25, 0.3) is 5.91 Å². The molecule has 6 nitrogen and oxygen atoms in total. The molecule has 1 fully saturated rings. The molecule has 0 radical (unpaired) electrons. The van der Waals surface area contributed by atoms with Crippen LogP contribution in [-0.4, -0.2) is 47.8 Å². The molecular formula is C26H33N3O3. The number of hydrogen-bond donors (Lipinski definition) is 2. The second-order valence-electron chi connectivity index (χ2n) is 8.85. The van der Waals surface area contributed by atoms with Crippen molar-refractivity contribution >= 4 is 17.7 Å². The predicted molar refractivity (Wildman–Crippen MR) is 125 cm³/mol. The maximum absolute atomic E-state index is 13.2. The van der Waals surface area contributed by atoms with Gasteiger partial charge in [-0.3, -0.25) is 14.4 Å². The average Bonchev–Trinajstić information content (AvgIpc) is 3.31. The third-order valence-electron chi connectivity index (χ3n) is 5.83. The van der Waals surface area contributed by atoms with Crippen molar-refractivity contribution in [1.82, 2.24) is 15.5 Å². The van der Waals surface area contributed by atoms with Gasteiger partial charge < -0.3 is 15.5 Å². The molecule has 1 heterocycles. The van der Waals surface area contributed by atoms with Gasteiger partial charge in [-0.25, -0.2) is 0 Å². The molecule has 1 saturated heterocycles. The van der Waals surface area contributed by atoms with Gasteiger partial charge in [-0.1, -0.05) is 61.9 Å². The lowest BCUT2D eigenvalue weighted by Crippen LogP contribution is -2.56. The van der Waals surface area contributed by atoms with Crippen LogP contribution in [0.4, 0.5) is 0 Å². The molecule has 2 unspecified atom stereocenters. The summed E-state index contributed by atoms with van der Waals surface area (Å²) in [5.41, 5.74) is 2.47. The Labute approximate surface area is 190 Å². The molecule has 6 heteroatoms. The van der Waals surface area contributed by atoms with Gasteiger partial charge in [0, 0.05) is 25.1 Å². The summed E-state index contributed by atoms with van der Waals surface area (Å²) in [7, 11) is 0. The number of hydrogen-bond acceptors (Lipinski definition) is 3. The SMILES string of the molecule is Cc1cccc(C(=O)NC(C(=O)NC(Cc2ccccc2)C(=O)N2CCCC2)C(C)C)c1. The molecule has 1 aliphatic rings. The fraction of sp³-hybridized carbons (Fsp3) is 0.423. The van der Waals surface area contributed by atoms with Gasteiger partial charge in [0.05, 0.1) is 0 Å². The fourth-order valence-electron chi connectivity index (χ4n) is 4.02. The maximum atomic E-state index is 13.2. The van der Waals surface area contributed by atoms with Crippen LogP contribution >= 0.6 is 0 Å². The van der Waals surface area contributed by atoms with E-state index >= 15 is 0 Å². The molecule has 0 aliphatic carbocycles. The number of nitrogens with one attached hydrogen (secondary N) is 2. The minimum atomic E-state index is -0.743. The summed E-state index contributed by atoms with van der Waals surface area (Å²) in [6, 6.07) is 15.5. The first-order chi connectivity index (χ1) is 15.3. The van der Waals surface area contributed by atoms with Crippen LogP contribution < -0.4 is 10.6 Å². The van der Waals surface area contributed by atoms with Gasteiger partial charge in [0.2, 0.25) is 11.8 Å². The van der Waals surface area contributed by atoms with Crippen LogP contribution in [0, 0.1) is 12.8 Å². The highest BCUT2D eigenvalue weighted by atomic mass is 16.2. The zero-order valence-electron chi connectivity index (χ0n) is 19.1. The summed E-state index contributed by atoms with van der Waals surface area (Å²) >= 11 is 0. The molecule has 170 valence electrons. The molecule has 2 atom stereocenters. The number of benzene rings is 2. The van der Waals surface area contributed by atoms with Crippen LogP contribution in [0.2, 0.25) is 0 Å². The standard InChI is InChI=1S/C26H33N3O3/c1-18(2)23(28-24(30)21-13-9-10-19(3)16-21)25(31)27-22(17-20-11-5-4-6-12-20)26(32)29-14-7-8-15-29/h4-6,9-13,16,18,22-23H,7-8,14-15,17H2,1-3H3,(H,27,31)(H,28,30). The molecule has 0 aromatic heterocycles. The van der Waals surface area contributed by atoms with Gasteiger partial charge in [0.15, 0.2) is 0 Å². The Hall–Kier alpha value is -3.15. The smallest absolute Gasteiger partial charge is 0.251 e. The van der Waals surface area contributed by atoms with Crippen LogP contribution in [0.15, 0.2) is 54.6 Å². The first kappa shape index (κ1) is 23.5. The number of carbonyl (C=O) groups excluding carboxylic acids is 3. The molecule has 32 heavy (non-hydrogen) atoms. The Balaban J connectivity index is 1.75. The van der Waals surface area contributed by atoms with Gasteiger partial charge >= 0.3 is 0 Å². The van der Waals surface area contributed by atoms with E-state index in [1.165, 1.54) is 0 Å². The monoisotopic (exact) mass is 435 g/mol. The lowest BCUT2D eigenvalue weighted by atomic mass is 10.00. The van der Waals surface area contributed by atoms with Crippen LogP contribution in [0.25, 0.3) is 0 Å². The Morgan fingerprint density at radius 3 is 2.25 bits per heavy atom. The van der Waals surface area contributed by atoms with Crippen molar-refractivity contribution < 1.29 is 14.4 Å². The topological polar surface area (TPSA) is 78.5 Å². The molecule has 0 bridgehead atoms. The normalized spacial score (nSPS) is 15.3. The summed E-state index contributed by atoms with van der Waals surface area (Å²) in [5, 5.41) is 5.81. The average molecular weight is 436 g/mol. The molecule has 2 aromatic rings. The molecule has 3 amide bonds. The molecule has 2 aromatic carbocycles. The Kier molecular flexibility index (Phi) is 8.03. The van der Waals surface area contributed by atoms with Crippen molar-refractivity contribution in [1.29, 1.82) is 0 Å². The first-order valence-corrected chi connectivity index (χ1v) is 11.4. The highest BCUT2D eigenvalue weighted by Crippen LogP contribution is 2.14. The van der Waals surface area contributed by atoms with E-state index in [1.807, 2.05) is 68.1 Å². The molecular weight excluding hydrogens is 402 g/mol. The summed E-state index contributed by atoms with van der Waals surface area (Å²) in [4.78, 5) is 41.0. The van der Waals surface area contributed by atoms with Gasteiger partial charge in [0.1, 0.15) is 12.1 Å². The lowest BCUT2D eigenvalue weighted by Gasteiger charge is -2.28. The Morgan fingerprint density at radius 2 is 1.62 bits per heavy atom. The highest BCUT2D eigenvalue weighted by Gasteiger charge is 2.32. The number of rotatable bonds is 8. The zero-order valence-corrected chi connectivity index (χ0v) is 19.1. The molecule has 3 rings (SSSR count). The highest BCUT2D eigenvalue weighted by molar-refractivity contribution is 5.98. The van der Waals surface area contributed by atoms with E-state index in [0.29, 0.717) is 12.0 Å². The van der Waals surface area contributed by atoms with E-state index in [2.05, 4.69) is 10.6 Å². The second kappa shape index (κ2) is 10.9. The van der Waals surface area contributed by atoms with Crippen molar-refractivity contribution in [2.75, 3.05) is 13.1 Å². The van der Waals surface area contributed by atoms with Crippen molar-refractivity contribution in [2.24, 2.45) is 5.92 Å². The third-order valence-corrected chi connectivity index (χ3v) is 5.83. The van der Waals surface area contributed by atoms with E-state index in [1.54, 1.807) is 12.1 Å². The number of nitrogens with zero attached hydrogens (tertiary/aromatic N) is 1. The van der Waals surface area contributed by atoms with Crippen molar-refractivity contribution in [3.63, 3.8) is 0 Å². The lowest BCUT2D eigenvalue weighted by molar-refractivity contribution is -0.136. The summed E-state index contributed by atoms with van der Waals surface area (Å²) < 4.78 is 0. The van der Waals surface area contributed by atoms with Gasteiger partial charge in [-0.05, 0) is 43.4 Å². The van der Waals surface area contributed by atoms with E-state index in [9.17, 15) is 14.4 Å². The predicted octanol–water partition coefficient (Wildman–Crippen LogP) is 3.10. The molecule has 2 N–H and O–H groups in total. The van der Waals surface area contributed by atoms with Gasteiger partial charge in [-0.2, -0.15) is 0 Å². The van der Waals surface area contributed by atoms with Crippen LogP contribution in [-0.2, 0) is 16.0 Å². The molecule has 0 spiro atoms. The van der Waals surface area contributed by atoms with E-state index < -0.39 is 12.1 Å². The largest absolute Gasteiger partial charge is 0.342 e. The maximum Gasteiger partial charge on any atom is 0.251 e. The molecule has 0 saturated carbocycles. The number of carbonyl (C=O) groups is 3. The first-order valence-electron chi connectivity index (χ1n) is 11.4. The van der Waals surface area contributed by atoms with Crippen LogP contribution in [0.5, 0.6) is 0 Å². The Bertz CT molecular complexity index is 936. The number of likely N-dealkylation sites (tertiary alicyclic amines) is 1. The van der Waals surface area contributed by atoms with Crippen molar-refractivity contribution in [3.05, 3.63) is 71.3 Å². The van der Waals surface area contributed by atoms with Crippen molar-refractivity contribution in [2.45, 2.75) is 52.1 Å². The fourth-order valence-corrected chi connectivity index (χ4v) is 4.02. The minimum Gasteiger partial charge on any atom is -0.342 e. The van der Waals surface area contributed by atoms with E-state index in [4.69, 9.17) is 0 Å². The van der Waals surface area contributed by atoms with E-state index in [0.717, 1.165) is 37.1 Å². The van der Waals surface area contributed by atoms with Crippen LogP contribution in [0.3, 0.4) is 0 Å². The number of amides is 3. The Morgan fingerprint density at radius 1 is 0.938 bits per heavy atom. The third kappa shape index (κ3) is 6.19. The second-order valence-corrected chi connectivity index (χ2v) is 8.85. The summed E-state index contributed by atoms with van der Waals surface area (Å²) in [6.07, 6.45) is 2.39. The quantitative estimate of drug-likeness (QED) is 0.669. The zero-order chi connectivity index (χ0) is 23.1. The summed E-state index contributed by atoms with van der Waals surface area (Å²) in [5.74, 6) is -0.835. The summed E-state index contributed by atoms with van der Waals surface area (Å²) in [6.45, 7) is 7.13. The van der Waals surface area contributed by atoms with Crippen LogP contribution in [0.1, 0.15) is 48.2 Å². The van der Waals surface area contributed by atoms with Crippen molar-refractivity contribution in [3.8, 4) is 0 Å². The minimum absolute atomic E-state index is 0.0628. The number of aryl methyl sites for hydroxylation is 1. The van der Waals surface area contributed by atoms with Gasteiger partial charge in [-0.15, -0.1) is 0 Å². The van der Waals surface area contributed by atoms with E-state index in [-0.39, 0.29) is 23.6 Å². The molecule has 1 aliphatic heterocycles.